The summed E-state index contributed by atoms with van der Waals surface area (Å²) >= 11 is 0. The zero-order valence-electron chi connectivity index (χ0n) is 23.5. The number of rotatable bonds is 11. The third kappa shape index (κ3) is 6.84. The number of amides is 1. The van der Waals surface area contributed by atoms with E-state index in [4.69, 9.17) is 14.5 Å². The highest BCUT2D eigenvalue weighted by atomic mass is 16.5. The number of benzene rings is 2. The molecule has 0 bridgehead atoms. The normalized spacial score (nSPS) is 18.7. The standard InChI is InChI=1S/C33H37N5O3/c1-40-29-7-2-6-26(20-29)32-36-31(23-38(32)14-4-13-37-15-17-41-18-16-37)25-8-10-28(11-9-25)35-33(39)30-21-27(30)19-24-5-3-12-34-22-24/h2-3,5-12,20,22-23,27,30H,4,13-19,21H2,1H3,(H,35,39). The molecule has 6 rings (SSSR count). The summed E-state index contributed by atoms with van der Waals surface area (Å²) in [5, 5.41) is 3.10. The molecular weight excluding hydrogens is 514 g/mol. The Labute approximate surface area is 241 Å². The minimum absolute atomic E-state index is 0.0634. The number of nitrogens with one attached hydrogen (secondary N) is 1. The van der Waals surface area contributed by atoms with Crippen molar-refractivity contribution in [3.8, 4) is 28.4 Å². The van der Waals surface area contributed by atoms with Gasteiger partial charge in [-0.1, -0.05) is 30.3 Å². The number of hydrogen-bond acceptors (Lipinski definition) is 6. The van der Waals surface area contributed by atoms with Gasteiger partial charge < -0.3 is 19.4 Å². The third-order valence-corrected chi connectivity index (χ3v) is 8.01. The number of methoxy groups -OCH3 is 1. The Morgan fingerprint density at radius 1 is 1.05 bits per heavy atom. The van der Waals surface area contributed by atoms with Crippen LogP contribution in [-0.4, -0.2) is 65.3 Å². The first-order chi connectivity index (χ1) is 20.2. The number of anilines is 1. The molecule has 1 saturated heterocycles. The number of carbonyl (C=O) groups excluding carboxylic acids is 1. The fourth-order valence-electron chi connectivity index (χ4n) is 5.58. The number of aromatic nitrogens is 3. The van der Waals surface area contributed by atoms with Gasteiger partial charge in [0.1, 0.15) is 11.6 Å². The zero-order chi connectivity index (χ0) is 28.0. The zero-order valence-corrected chi connectivity index (χ0v) is 23.5. The van der Waals surface area contributed by atoms with Crippen molar-refractivity contribution >= 4 is 11.6 Å². The fraction of sp³-hybridized carbons (Fsp3) is 0.364. The summed E-state index contributed by atoms with van der Waals surface area (Å²) in [7, 11) is 1.68. The van der Waals surface area contributed by atoms with Crippen LogP contribution in [0.1, 0.15) is 18.4 Å². The molecule has 8 nitrogen and oxygen atoms in total. The van der Waals surface area contributed by atoms with Crippen LogP contribution in [0.2, 0.25) is 0 Å². The summed E-state index contributed by atoms with van der Waals surface area (Å²) in [5.74, 6) is 2.28. The number of imidazole rings is 1. The van der Waals surface area contributed by atoms with Crippen LogP contribution in [0.5, 0.6) is 5.75 Å². The third-order valence-electron chi connectivity index (χ3n) is 8.01. The van der Waals surface area contributed by atoms with Crippen LogP contribution in [0.15, 0.2) is 79.3 Å². The van der Waals surface area contributed by atoms with Gasteiger partial charge in [-0.25, -0.2) is 4.98 Å². The maximum absolute atomic E-state index is 12.8. The number of hydrogen-bond donors (Lipinski definition) is 1. The van der Waals surface area contributed by atoms with E-state index in [1.165, 1.54) is 5.56 Å². The number of aryl methyl sites for hydroxylation is 1. The summed E-state index contributed by atoms with van der Waals surface area (Å²) in [6, 6.07) is 20.1. The van der Waals surface area contributed by atoms with Crippen LogP contribution in [0.3, 0.4) is 0 Å². The predicted molar refractivity (Wildman–Crippen MR) is 160 cm³/mol. The molecule has 41 heavy (non-hydrogen) atoms. The molecule has 2 atom stereocenters. The highest BCUT2D eigenvalue weighted by Gasteiger charge is 2.42. The summed E-state index contributed by atoms with van der Waals surface area (Å²) < 4.78 is 13.2. The molecule has 2 unspecified atom stereocenters. The van der Waals surface area contributed by atoms with Crippen molar-refractivity contribution in [3.63, 3.8) is 0 Å². The van der Waals surface area contributed by atoms with Gasteiger partial charge in [-0.15, -0.1) is 0 Å². The van der Waals surface area contributed by atoms with Crippen molar-refractivity contribution in [1.82, 2.24) is 19.4 Å². The predicted octanol–water partition coefficient (Wildman–Crippen LogP) is 5.16. The molecule has 1 aliphatic carbocycles. The van der Waals surface area contributed by atoms with E-state index >= 15 is 0 Å². The summed E-state index contributed by atoms with van der Waals surface area (Å²) in [6.07, 6.45) is 8.65. The van der Waals surface area contributed by atoms with Crippen LogP contribution < -0.4 is 10.1 Å². The molecule has 0 radical (unpaired) electrons. The molecule has 1 aliphatic heterocycles. The molecule has 8 heteroatoms. The van der Waals surface area contributed by atoms with E-state index in [1.807, 2.05) is 54.7 Å². The first kappa shape index (κ1) is 27.2. The second-order valence-electron chi connectivity index (χ2n) is 10.9. The van der Waals surface area contributed by atoms with Gasteiger partial charge in [-0.3, -0.25) is 14.7 Å². The van der Waals surface area contributed by atoms with Gasteiger partial charge in [0, 0.05) is 67.5 Å². The van der Waals surface area contributed by atoms with Crippen molar-refractivity contribution < 1.29 is 14.3 Å². The molecule has 3 heterocycles. The topological polar surface area (TPSA) is 81.5 Å². The Morgan fingerprint density at radius 3 is 2.68 bits per heavy atom. The van der Waals surface area contributed by atoms with Crippen molar-refractivity contribution in [1.29, 1.82) is 0 Å². The number of nitrogens with zero attached hydrogens (tertiary/aromatic N) is 4. The maximum Gasteiger partial charge on any atom is 0.227 e. The van der Waals surface area contributed by atoms with Gasteiger partial charge in [0.25, 0.3) is 0 Å². The minimum atomic E-state index is 0.0634. The van der Waals surface area contributed by atoms with E-state index in [1.54, 1.807) is 13.3 Å². The Bertz CT molecular complexity index is 1450. The Kier molecular flexibility index (Phi) is 8.39. The average Bonchev–Trinajstić information content (AvgIpc) is 3.66. The largest absolute Gasteiger partial charge is 0.497 e. The minimum Gasteiger partial charge on any atom is -0.497 e. The van der Waals surface area contributed by atoms with E-state index in [-0.39, 0.29) is 11.8 Å². The summed E-state index contributed by atoms with van der Waals surface area (Å²) in [6.45, 7) is 5.51. The van der Waals surface area contributed by atoms with Crippen molar-refractivity contribution in [2.75, 3.05) is 45.3 Å². The van der Waals surface area contributed by atoms with Crippen molar-refractivity contribution in [2.24, 2.45) is 11.8 Å². The van der Waals surface area contributed by atoms with E-state index in [0.717, 1.165) is 92.7 Å². The second-order valence-corrected chi connectivity index (χ2v) is 10.9. The molecule has 2 fully saturated rings. The van der Waals surface area contributed by atoms with Gasteiger partial charge in [0.2, 0.25) is 5.91 Å². The Balaban J connectivity index is 1.13. The highest BCUT2D eigenvalue weighted by molar-refractivity contribution is 5.94. The van der Waals surface area contributed by atoms with Crippen molar-refractivity contribution in [2.45, 2.75) is 25.8 Å². The molecule has 0 spiro atoms. The van der Waals surface area contributed by atoms with Gasteiger partial charge in [-0.05, 0) is 61.1 Å². The first-order valence-electron chi connectivity index (χ1n) is 14.5. The lowest BCUT2D eigenvalue weighted by Gasteiger charge is -2.26. The van der Waals surface area contributed by atoms with Crippen molar-refractivity contribution in [3.05, 3.63) is 84.8 Å². The van der Waals surface area contributed by atoms with Gasteiger partial charge in [0.05, 0.1) is 26.0 Å². The van der Waals surface area contributed by atoms with E-state index in [2.05, 4.69) is 38.1 Å². The SMILES string of the molecule is COc1cccc(-c2nc(-c3ccc(NC(=O)C4CC4Cc4cccnc4)cc3)cn2CCCN2CCOCC2)c1. The lowest BCUT2D eigenvalue weighted by atomic mass is 10.1. The first-order valence-corrected chi connectivity index (χ1v) is 14.5. The van der Waals surface area contributed by atoms with E-state index < -0.39 is 0 Å². The molecule has 2 aromatic heterocycles. The molecule has 1 saturated carbocycles. The average molecular weight is 552 g/mol. The Morgan fingerprint density at radius 2 is 1.90 bits per heavy atom. The molecule has 212 valence electrons. The van der Waals surface area contributed by atoms with Crippen LogP contribution in [0.4, 0.5) is 5.69 Å². The second kappa shape index (κ2) is 12.7. The molecule has 2 aromatic carbocycles. The molecule has 1 N–H and O–H groups in total. The van der Waals surface area contributed by atoms with Gasteiger partial charge in [-0.2, -0.15) is 0 Å². The van der Waals surface area contributed by atoms with Crippen LogP contribution in [0, 0.1) is 11.8 Å². The van der Waals surface area contributed by atoms with Gasteiger partial charge in [0.15, 0.2) is 0 Å². The maximum atomic E-state index is 12.8. The number of morpholine rings is 1. The van der Waals surface area contributed by atoms with Gasteiger partial charge >= 0.3 is 0 Å². The molecule has 2 aliphatic rings. The molecule has 1 amide bonds. The van der Waals surface area contributed by atoms with Crippen LogP contribution in [-0.2, 0) is 22.5 Å². The quantitative estimate of drug-likeness (QED) is 0.277. The van der Waals surface area contributed by atoms with E-state index in [0.29, 0.717) is 5.92 Å². The fourth-order valence-corrected chi connectivity index (χ4v) is 5.58. The van der Waals surface area contributed by atoms with Crippen LogP contribution in [0.25, 0.3) is 22.6 Å². The number of pyridine rings is 1. The lowest BCUT2D eigenvalue weighted by Crippen LogP contribution is -2.37. The molecular formula is C33H37N5O3. The van der Waals surface area contributed by atoms with E-state index in [9.17, 15) is 4.79 Å². The molecule has 4 aromatic rings. The summed E-state index contributed by atoms with van der Waals surface area (Å²) in [4.78, 5) is 24.5. The number of ether oxygens (including phenoxy) is 2. The Hall–Kier alpha value is -4.01. The summed E-state index contributed by atoms with van der Waals surface area (Å²) in [5.41, 5.74) is 4.94. The number of carbonyl (C=O) groups is 1. The monoisotopic (exact) mass is 551 g/mol. The lowest BCUT2D eigenvalue weighted by molar-refractivity contribution is -0.117. The highest BCUT2D eigenvalue weighted by Crippen LogP contribution is 2.42. The van der Waals surface area contributed by atoms with Crippen LogP contribution >= 0.6 is 0 Å². The smallest absolute Gasteiger partial charge is 0.227 e.